The molecule has 2 heterocycles. The third-order valence-corrected chi connectivity index (χ3v) is 5.30. The van der Waals surface area contributed by atoms with Gasteiger partial charge in [0.25, 0.3) is 5.56 Å². The Hall–Kier alpha value is -2.54. The van der Waals surface area contributed by atoms with Gasteiger partial charge in [-0.1, -0.05) is 23.5 Å². The number of para-hydroxylation sites is 1. The molecule has 1 N–H and O–H groups in total. The van der Waals surface area contributed by atoms with Crippen LogP contribution in [0.15, 0.2) is 35.1 Å². The Labute approximate surface area is 142 Å². The van der Waals surface area contributed by atoms with Crippen LogP contribution in [0.5, 0.6) is 0 Å². The maximum absolute atomic E-state index is 12.6. The van der Waals surface area contributed by atoms with Crippen LogP contribution in [0.3, 0.4) is 0 Å². The van der Waals surface area contributed by atoms with Gasteiger partial charge in [0.1, 0.15) is 0 Å². The molecule has 0 radical (unpaired) electrons. The molecule has 2 aromatic heterocycles. The highest BCUT2D eigenvalue weighted by atomic mass is 32.1. The number of benzene rings is 1. The number of hydrogen-bond acceptors (Lipinski definition) is 5. The number of nitrogens with one attached hydrogen (secondary N) is 1. The van der Waals surface area contributed by atoms with E-state index in [0.29, 0.717) is 18.0 Å². The minimum atomic E-state index is -0.154. The maximum atomic E-state index is 12.6. The van der Waals surface area contributed by atoms with Gasteiger partial charge in [0, 0.05) is 19.0 Å². The molecule has 3 aromatic rings. The quantitative estimate of drug-likeness (QED) is 0.775. The van der Waals surface area contributed by atoms with Gasteiger partial charge in [-0.3, -0.25) is 9.59 Å². The number of nitrogens with zero attached hydrogens (tertiary/aromatic N) is 3. The summed E-state index contributed by atoms with van der Waals surface area (Å²) < 4.78 is 2.40. The molecule has 1 aliphatic rings. The van der Waals surface area contributed by atoms with Crippen molar-refractivity contribution in [2.24, 2.45) is 13.0 Å². The van der Waals surface area contributed by atoms with Gasteiger partial charge in [0.15, 0.2) is 5.13 Å². The Kier molecular flexibility index (Phi) is 3.65. The molecule has 7 heteroatoms. The van der Waals surface area contributed by atoms with E-state index in [1.165, 1.54) is 16.0 Å². The molecular formula is C17H16N4O2S. The van der Waals surface area contributed by atoms with Gasteiger partial charge in [0.2, 0.25) is 5.91 Å². The van der Waals surface area contributed by atoms with E-state index in [0.717, 1.165) is 27.9 Å². The highest BCUT2D eigenvalue weighted by molar-refractivity contribution is 7.22. The SMILES string of the molecule is Cn1nc2c(cc1=O)CC(C(=O)Nc1nc3ccccc3s1)CC2. The number of hydrogen-bond donors (Lipinski definition) is 1. The number of aryl methyl sites for hydroxylation is 2. The van der Waals surface area contributed by atoms with Crippen molar-refractivity contribution >= 4 is 32.6 Å². The molecule has 0 saturated heterocycles. The third kappa shape index (κ3) is 2.71. The first-order valence-corrected chi connectivity index (χ1v) is 8.64. The fourth-order valence-corrected chi connectivity index (χ4v) is 3.91. The second-order valence-corrected chi connectivity index (χ2v) is 7.02. The first-order chi connectivity index (χ1) is 11.6. The Morgan fingerprint density at radius 1 is 1.38 bits per heavy atom. The molecule has 0 fully saturated rings. The van der Waals surface area contributed by atoms with Crippen molar-refractivity contribution in [2.75, 3.05) is 5.32 Å². The fraction of sp³-hybridized carbons (Fsp3) is 0.294. The number of rotatable bonds is 2. The normalized spacial score (nSPS) is 16.8. The summed E-state index contributed by atoms with van der Waals surface area (Å²) in [5, 5.41) is 7.82. The Morgan fingerprint density at radius 2 is 2.21 bits per heavy atom. The van der Waals surface area contributed by atoms with Gasteiger partial charge < -0.3 is 5.32 Å². The molecular weight excluding hydrogens is 324 g/mol. The molecule has 1 unspecified atom stereocenters. The molecule has 0 aliphatic heterocycles. The van der Waals surface area contributed by atoms with Crippen LogP contribution in [0.1, 0.15) is 17.7 Å². The summed E-state index contributed by atoms with van der Waals surface area (Å²) in [5.74, 6) is -0.196. The molecule has 6 nitrogen and oxygen atoms in total. The lowest BCUT2D eigenvalue weighted by Gasteiger charge is -2.22. The first kappa shape index (κ1) is 15.0. The summed E-state index contributed by atoms with van der Waals surface area (Å²) in [6, 6.07) is 9.40. The highest BCUT2D eigenvalue weighted by Crippen LogP contribution is 2.28. The van der Waals surface area contributed by atoms with Crippen molar-refractivity contribution in [2.45, 2.75) is 19.3 Å². The standard InChI is InChI=1S/C17H16N4O2S/c1-21-15(22)9-11-8-10(6-7-12(11)20-21)16(23)19-17-18-13-4-2-3-5-14(13)24-17/h2-5,9-10H,6-8H2,1H3,(H,18,19,23). The number of thiazole rings is 1. The van der Waals surface area contributed by atoms with E-state index in [9.17, 15) is 9.59 Å². The molecule has 0 spiro atoms. The fourth-order valence-electron chi connectivity index (χ4n) is 3.04. The monoisotopic (exact) mass is 340 g/mol. The van der Waals surface area contributed by atoms with Crippen LogP contribution in [0.25, 0.3) is 10.2 Å². The molecule has 24 heavy (non-hydrogen) atoms. The summed E-state index contributed by atoms with van der Waals surface area (Å²) in [6.45, 7) is 0. The van der Waals surface area contributed by atoms with E-state index in [-0.39, 0.29) is 17.4 Å². The third-order valence-electron chi connectivity index (χ3n) is 4.35. The molecule has 1 atom stereocenters. The van der Waals surface area contributed by atoms with Gasteiger partial charge >= 0.3 is 0 Å². The number of amides is 1. The molecule has 1 amide bonds. The topological polar surface area (TPSA) is 76.9 Å². The predicted octanol–water partition coefficient (Wildman–Crippen LogP) is 2.13. The minimum absolute atomic E-state index is 0.0413. The van der Waals surface area contributed by atoms with E-state index in [1.54, 1.807) is 13.1 Å². The zero-order chi connectivity index (χ0) is 16.7. The lowest BCUT2D eigenvalue weighted by molar-refractivity contribution is -0.120. The van der Waals surface area contributed by atoms with Gasteiger partial charge in [-0.2, -0.15) is 5.10 Å². The molecule has 4 rings (SSSR count). The van der Waals surface area contributed by atoms with Crippen LogP contribution in [-0.4, -0.2) is 20.7 Å². The van der Waals surface area contributed by atoms with Crippen LogP contribution < -0.4 is 10.9 Å². The lowest BCUT2D eigenvalue weighted by Crippen LogP contribution is -2.31. The number of carbonyl (C=O) groups excluding carboxylic acids is 1. The molecule has 1 aliphatic carbocycles. The molecule has 0 bridgehead atoms. The largest absolute Gasteiger partial charge is 0.302 e. The van der Waals surface area contributed by atoms with Crippen LogP contribution in [0, 0.1) is 5.92 Å². The van der Waals surface area contributed by atoms with Crippen molar-refractivity contribution < 1.29 is 4.79 Å². The van der Waals surface area contributed by atoms with Crippen LogP contribution in [0.2, 0.25) is 0 Å². The Bertz CT molecular complexity index is 959. The zero-order valence-corrected chi connectivity index (χ0v) is 14.0. The van der Waals surface area contributed by atoms with E-state index in [1.807, 2.05) is 24.3 Å². The van der Waals surface area contributed by atoms with E-state index in [4.69, 9.17) is 0 Å². The maximum Gasteiger partial charge on any atom is 0.266 e. The molecule has 122 valence electrons. The van der Waals surface area contributed by atoms with Gasteiger partial charge in [0.05, 0.1) is 15.9 Å². The van der Waals surface area contributed by atoms with Crippen LogP contribution in [0.4, 0.5) is 5.13 Å². The molecule has 0 saturated carbocycles. The van der Waals surface area contributed by atoms with Crippen LogP contribution in [-0.2, 0) is 24.7 Å². The summed E-state index contributed by atoms with van der Waals surface area (Å²) in [4.78, 5) is 28.7. The first-order valence-electron chi connectivity index (χ1n) is 7.83. The van der Waals surface area contributed by atoms with E-state index < -0.39 is 0 Å². The summed E-state index contributed by atoms with van der Waals surface area (Å²) in [7, 11) is 1.65. The average molecular weight is 340 g/mol. The highest BCUT2D eigenvalue weighted by Gasteiger charge is 2.26. The Balaban J connectivity index is 1.52. The second kappa shape index (κ2) is 5.83. The van der Waals surface area contributed by atoms with Crippen molar-refractivity contribution in [1.29, 1.82) is 0 Å². The number of aromatic nitrogens is 3. The van der Waals surface area contributed by atoms with Crippen molar-refractivity contribution in [3.05, 3.63) is 51.9 Å². The summed E-state index contributed by atoms with van der Waals surface area (Å²) in [6.07, 6.45) is 1.99. The average Bonchev–Trinajstić information content (AvgIpc) is 2.97. The van der Waals surface area contributed by atoms with Gasteiger partial charge in [-0.25, -0.2) is 9.67 Å². The van der Waals surface area contributed by atoms with Gasteiger partial charge in [-0.15, -0.1) is 0 Å². The minimum Gasteiger partial charge on any atom is -0.302 e. The number of fused-ring (bicyclic) bond motifs is 2. The smallest absolute Gasteiger partial charge is 0.266 e. The summed E-state index contributed by atoms with van der Waals surface area (Å²) in [5.41, 5.74) is 2.55. The Morgan fingerprint density at radius 3 is 3.04 bits per heavy atom. The second-order valence-electron chi connectivity index (χ2n) is 5.99. The number of anilines is 1. The predicted molar refractivity (Wildman–Crippen MR) is 93.2 cm³/mol. The number of carbonyl (C=O) groups is 1. The van der Waals surface area contributed by atoms with E-state index in [2.05, 4.69) is 15.4 Å². The van der Waals surface area contributed by atoms with Crippen molar-refractivity contribution in [1.82, 2.24) is 14.8 Å². The van der Waals surface area contributed by atoms with E-state index >= 15 is 0 Å². The van der Waals surface area contributed by atoms with Crippen LogP contribution >= 0.6 is 11.3 Å². The van der Waals surface area contributed by atoms with Crippen molar-refractivity contribution in [3.8, 4) is 0 Å². The zero-order valence-electron chi connectivity index (χ0n) is 13.2. The summed E-state index contributed by atoms with van der Waals surface area (Å²) >= 11 is 1.47. The van der Waals surface area contributed by atoms with Crippen molar-refractivity contribution in [3.63, 3.8) is 0 Å². The van der Waals surface area contributed by atoms with Gasteiger partial charge in [-0.05, 0) is 37.0 Å². The molecule has 1 aromatic carbocycles. The lowest BCUT2D eigenvalue weighted by atomic mass is 9.86.